The first-order chi connectivity index (χ1) is 17.0. The van der Waals surface area contributed by atoms with E-state index in [2.05, 4.69) is 11.4 Å². The Bertz CT molecular complexity index is 1060. The van der Waals surface area contributed by atoms with Gasteiger partial charge in [0.1, 0.15) is 11.6 Å². The van der Waals surface area contributed by atoms with Crippen molar-refractivity contribution in [2.24, 2.45) is 5.92 Å². The van der Waals surface area contributed by atoms with Gasteiger partial charge in [0.05, 0.1) is 6.10 Å². The summed E-state index contributed by atoms with van der Waals surface area (Å²) >= 11 is 0. The van der Waals surface area contributed by atoms with Gasteiger partial charge in [0.15, 0.2) is 0 Å². The van der Waals surface area contributed by atoms with Gasteiger partial charge in [0.25, 0.3) is 0 Å². The van der Waals surface area contributed by atoms with Crippen LogP contribution in [-0.4, -0.2) is 24.8 Å². The summed E-state index contributed by atoms with van der Waals surface area (Å²) in [6, 6.07) is 20.6. The molecule has 1 amide bonds. The molecule has 0 bridgehead atoms. The highest BCUT2D eigenvalue weighted by molar-refractivity contribution is 5.77. The second-order valence-corrected chi connectivity index (χ2v) is 8.56. The minimum Gasteiger partial charge on any atom is -0.377 e. The monoisotopic (exact) mass is 482 g/mol. The van der Waals surface area contributed by atoms with Crippen LogP contribution >= 0.6 is 0 Å². The van der Waals surface area contributed by atoms with Crippen LogP contribution in [0.2, 0.25) is 0 Å². The van der Waals surface area contributed by atoms with Gasteiger partial charge >= 0.3 is 0 Å². The lowest BCUT2D eigenvalue weighted by Crippen LogP contribution is -2.29. The van der Waals surface area contributed by atoms with Crippen LogP contribution in [0.1, 0.15) is 42.9 Å². The minimum atomic E-state index is -0.445. The standard InChI is InChI=1S/C28H32F2N2O3/c1-35-27(22-10-14-26(30)15-11-22)18-24(28(33)32-34)6-2-3-16-31-19-20-5-4-7-23(17-20)21-8-12-25(29)13-9-21/h4-5,7-15,17,24,27,31,34H,2-3,6,16,18-19H2,1H3,(H,32,33). The summed E-state index contributed by atoms with van der Waals surface area (Å²) in [6.45, 7) is 1.48. The molecule has 3 aromatic rings. The molecule has 3 N–H and O–H groups in total. The fourth-order valence-electron chi connectivity index (χ4n) is 4.13. The number of hydrogen-bond acceptors (Lipinski definition) is 4. The van der Waals surface area contributed by atoms with E-state index in [0.29, 0.717) is 19.4 Å². The van der Waals surface area contributed by atoms with Gasteiger partial charge in [0.2, 0.25) is 5.91 Å². The van der Waals surface area contributed by atoms with Crippen LogP contribution < -0.4 is 10.8 Å². The zero-order chi connectivity index (χ0) is 25.0. The lowest BCUT2D eigenvalue weighted by Gasteiger charge is -2.22. The third kappa shape index (κ3) is 8.24. The van der Waals surface area contributed by atoms with Crippen LogP contribution in [0.3, 0.4) is 0 Å². The smallest absolute Gasteiger partial charge is 0.246 e. The van der Waals surface area contributed by atoms with Crippen molar-refractivity contribution in [3.05, 3.63) is 95.6 Å². The van der Waals surface area contributed by atoms with E-state index in [9.17, 15) is 13.6 Å². The van der Waals surface area contributed by atoms with Crippen molar-refractivity contribution in [1.29, 1.82) is 0 Å². The molecule has 3 rings (SSSR count). The summed E-state index contributed by atoms with van der Waals surface area (Å²) in [5.41, 5.74) is 5.68. The predicted molar refractivity (Wildman–Crippen MR) is 132 cm³/mol. The van der Waals surface area contributed by atoms with E-state index in [1.807, 2.05) is 18.2 Å². The number of methoxy groups -OCH3 is 1. The third-order valence-corrected chi connectivity index (χ3v) is 6.10. The normalized spacial score (nSPS) is 12.8. The lowest BCUT2D eigenvalue weighted by molar-refractivity contribution is -0.135. The second kappa shape index (κ2) is 13.7. The zero-order valence-corrected chi connectivity index (χ0v) is 19.8. The molecule has 0 aliphatic rings. The fraction of sp³-hybridized carbons (Fsp3) is 0.321. The van der Waals surface area contributed by atoms with E-state index in [-0.39, 0.29) is 17.7 Å². The highest BCUT2D eigenvalue weighted by atomic mass is 19.1. The Morgan fingerprint density at radius 2 is 1.63 bits per heavy atom. The van der Waals surface area contributed by atoms with Crippen LogP contribution in [0.15, 0.2) is 72.8 Å². The number of nitrogens with one attached hydrogen (secondary N) is 2. The maximum atomic E-state index is 13.2. The van der Waals surface area contributed by atoms with Crippen molar-refractivity contribution in [1.82, 2.24) is 10.8 Å². The number of unbranched alkanes of at least 4 members (excludes halogenated alkanes) is 1. The minimum absolute atomic E-state index is 0.251. The predicted octanol–water partition coefficient (Wildman–Crippen LogP) is 5.79. The molecule has 0 aliphatic carbocycles. The van der Waals surface area contributed by atoms with Crippen molar-refractivity contribution in [2.75, 3.05) is 13.7 Å². The van der Waals surface area contributed by atoms with E-state index in [1.165, 1.54) is 24.3 Å². The van der Waals surface area contributed by atoms with Gasteiger partial charge in [-0.3, -0.25) is 10.0 Å². The Balaban J connectivity index is 1.45. The number of amides is 1. The Kier molecular flexibility index (Phi) is 10.3. The average Bonchev–Trinajstić information content (AvgIpc) is 2.88. The fourth-order valence-corrected chi connectivity index (χ4v) is 4.13. The summed E-state index contributed by atoms with van der Waals surface area (Å²) in [4.78, 5) is 12.2. The highest BCUT2D eigenvalue weighted by Crippen LogP contribution is 2.28. The maximum Gasteiger partial charge on any atom is 0.246 e. The number of halogens is 2. The molecule has 0 aromatic heterocycles. The summed E-state index contributed by atoms with van der Waals surface area (Å²) in [5.74, 6) is -1.46. The molecule has 2 unspecified atom stereocenters. The molecule has 0 saturated heterocycles. The number of hydroxylamine groups is 1. The Morgan fingerprint density at radius 1 is 0.943 bits per heavy atom. The van der Waals surface area contributed by atoms with Gasteiger partial charge in [-0.15, -0.1) is 0 Å². The van der Waals surface area contributed by atoms with Gasteiger partial charge in [0, 0.05) is 19.6 Å². The second-order valence-electron chi connectivity index (χ2n) is 8.56. The van der Waals surface area contributed by atoms with Gasteiger partial charge in [-0.1, -0.05) is 48.9 Å². The summed E-state index contributed by atoms with van der Waals surface area (Å²) in [6.07, 6.45) is 2.26. The van der Waals surface area contributed by atoms with Crippen molar-refractivity contribution in [3.8, 4) is 11.1 Å². The Labute approximate surface area is 205 Å². The molecule has 3 aromatic carbocycles. The van der Waals surface area contributed by atoms with Crippen LogP contribution in [0, 0.1) is 17.6 Å². The van der Waals surface area contributed by atoms with Gasteiger partial charge in [-0.2, -0.15) is 0 Å². The van der Waals surface area contributed by atoms with E-state index >= 15 is 0 Å². The van der Waals surface area contributed by atoms with E-state index in [1.54, 1.807) is 36.9 Å². The summed E-state index contributed by atoms with van der Waals surface area (Å²) < 4.78 is 31.9. The van der Waals surface area contributed by atoms with Crippen LogP contribution in [0.25, 0.3) is 11.1 Å². The molecule has 0 heterocycles. The molecule has 0 radical (unpaired) electrons. The molecule has 0 spiro atoms. The first-order valence-corrected chi connectivity index (χ1v) is 11.8. The van der Waals surface area contributed by atoms with Gasteiger partial charge < -0.3 is 10.1 Å². The third-order valence-electron chi connectivity index (χ3n) is 6.10. The molecular formula is C28H32F2N2O3. The molecule has 7 heteroatoms. The SMILES string of the molecule is COC(CC(CCCCNCc1cccc(-c2ccc(F)cc2)c1)C(=O)NO)c1ccc(F)cc1. The molecule has 0 fully saturated rings. The highest BCUT2D eigenvalue weighted by Gasteiger charge is 2.23. The first kappa shape index (κ1) is 26.5. The average molecular weight is 483 g/mol. The molecule has 0 saturated carbocycles. The molecule has 186 valence electrons. The van der Waals surface area contributed by atoms with Crippen LogP contribution in [-0.2, 0) is 16.1 Å². The van der Waals surface area contributed by atoms with Gasteiger partial charge in [-0.05, 0) is 78.4 Å². The quantitative estimate of drug-likeness (QED) is 0.164. The van der Waals surface area contributed by atoms with Crippen molar-refractivity contribution < 1.29 is 23.5 Å². The van der Waals surface area contributed by atoms with E-state index in [4.69, 9.17) is 9.94 Å². The molecule has 0 aliphatic heterocycles. The maximum absolute atomic E-state index is 13.2. The van der Waals surface area contributed by atoms with Crippen molar-refractivity contribution in [2.45, 2.75) is 38.3 Å². The topological polar surface area (TPSA) is 70.6 Å². The first-order valence-electron chi connectivity index (χ1n) is 11.8. The van der Waals surface area contributed by atoms with E-state index in [0.717, 1.165) is 41.6 Å². The van der Waals surface area contributed by atoms with Crippen molar-refractivity contribution in [3.63, 3.8) is 0 Å². The zero-order valence-electron chi connectivity index (χ0n) is 19.8. The number of benzene rings is 3. The largest absolute Gasteiger partial charge is 0.377 e. The van der Waals surface area contributed by atoms with Gasteiger partial charge in [-0.25, -0.2) is 14.3 Å². The summed E-state index contributed by atoms with van der Waals surface area (Å²) in [5, 5.41) is 12.6. The molecule has 5 nitrogen and oxygen atoms in total. The van der Waals surface area contributed by atoms with Crippen molar-refractivity contribution >= 4 is 5.91 Å². The number of hydrogen-bond donors (Lipinski definition) is 3. The number of rotatable bonds is 13. The van der Waals surface area contributed by atoms with Crippen LogP contribution in [0.5, 0.6) is 0 Å². The Morgan fingerprint density at radius 3 is 2.29 bits per heavy atom. The lowest BCUT2D eigenvalue weighted by atomic mass is 9.91. The number of carbonyl (C=O) groups excluding carboxylic acids is 1. The number of carbonyl (C=O) groups is 1. The Hall–Kier alpha value is -3.13. The number of ether oxygens (including phenoxy) is 1. The molecular weight excluding hydrogens is 450 g/mol. The van der Waals surface area contributed by atoms with Crippen LogP contribution in [0.4, 0.5) is 8.78 Å². The molecule has 35 heavy (non-hydrogen) atoms. The molecule has 2 atom stereocenters. The van der Waals surface area contributed by atoms with E-state index < -0.39 is 11.8 Å². The summed E-state index contributed by atoms with van der Waals surface area (Å²) in [7, 11) is 1.55.